The van der Waals surface area contributed by atoms with Crippen molar-refractivity contribution in [1.29, 1.82) is 0 Å². The quantitative estimate of drug-likeness (QED) is 0.0402. The van der Waals surface area contributed by atoms with Gasteiger partial charge in [-0.25, -0.2) is 0 Å². The van der Waals surface area contributed by atoms with Crippen LogP contribution in [0, 0.1) is 51.1 Å². The van der Waals surface area contributed by atoms with Crippen LogP contribution in [0.2, 0.25) is 0 Å². The van der Waals surface area contributed by atoms with Crippen LogP contribution in [0.3, 0.4) is 0 Å². The summed E-state index contributed by atoms with van der Waals surface area (Å²) < 4.78 is 48.4. The van der Waals surface area contributed by atoms with Gasteiger partial charge in [-0.3, -0.25) is 0 Å². The second kappa shape index (κ2) is 27.5. The Bertz CT molecular complexity index is 988. The van der Waals surface area contributed by atoms with E-state index in [0.29, 0.717) is 6.54 Å². The van der Waals surface area contributed by atoms with E-state index in [1.165, 1.54) is 11.1 Å². The van der Waals surface area contributed by atoms with Crippen LogP contribution in [-0.2, 0) is 24.1 Å². The Labute approximate surface area is 273 Å². The minimum atomic E-state index is -6.00. The molecule has 2 nitrogen and oxygen atoms in total. The van der Waals surface area contributed by atoms with Gasteiger partial charge < -0.3 is 21.8 Å². The topological polar surface area (TPSA) is 22.9 Å². The molecule has 2 aromatic carbocycles. The number of hydrogen-bond donors (Lipinski definition) is 0. The largest absolute Gasteiger partial charge is 3.00 e. The van der Waals surface area contributed by atoms with Crippen LogP contribution in [0.25, 0.3) is 5.57 Å². The maximum atomic E-state index is 9.75. The molecule has 232 valence electrons. The summed E-state index contributed by atoms with van der Waals surface area (Å²) in [6, 6.07) is 20.6. The van der Waals surface area contributed by atoms with Gasteiger partial charge in [-0.15, -0.1) is 6.42 Å². The van der Waals surface area contributed by atoms with Gasteiger partial charge >= 0.3 is 38.0 Å². The summed E-state index contributed by atoms with van der Waals surface area (Å²) in [5, 5.41) is 0. The summed E-state index contributed by atoms with van der Waals surface area (Å²) in [6.07, 6.45) is 20.5. The maximum absolute atomic E-state index is 9.75. The summed E-state index contributed by atoms with van der Waals surface area (Å²) >= 11 is 0. The molecule has 1 aliphatic rings. The van der Waals surface area contributed by atoms with E-state index in [1.54, 1.807) is 0 Å². The van der Waals surface area contributed by atoms with Crippen molar-refractivity contribution in [3.63, 3.8) is 0 Å². The van der Waals surface area contributed by atoms with Crippen LogP contribution >= 0.6 is 7.92 Å². The molecule has 43 heavy (non-hydrogen) atoms. The SMILES string of the molecule is C#CC[N+](C)=[C-]C=C(c1ccccc1)c1ccccc1.CC(C)P(C(C)C)C(C)C.F[B-](F)(F)F.[C-]#[O+].[CH]1[CH][CH][CH][CH]1.[Ru+3]. The Balaban J connectivity index is -0.000000579. The standard InChI is InChI=1S/C19H17N.C9H21P.C5H5.CO.BF4.Ru/c1-3-15-20(2)16-14-19(17-10-6-4-7-11-17)18-12-8-5-9-13-18;1-7(2)10(8(3)4)9(5)6;1-2-4-5-3-1;1-2;2-1(3,4)5;/h1,4-14H,15H2,2H3;7-9H,1-6H3;1-5H;;;/q;;;;-1;+3. The number of terminal acetylenes is 1. The van der Waals surface area contributed by atoms with Gasteiger partial charge in [0.25, 0.3) is 0 Å². The van der Waals surface area contributed by atoms with Crippen molar-refractivity contribution in [3.05, 3.63) is 117 Å². The first-order valence-electron chi connectivity index (χ1n) is 13.5. The fraction of sp³-hybridized carbons (Fsp3) is 0.324. The number of rotatable bonds is 7. The van der Waals surface area contributed by atoms with Gasteiger partial charge in [0.2, 0.25) is 0 Å². The van der Waals surface area contributed by atoms with Crippen molar-refractivity contribution in [2.24, 2.45) is 0 Å². The van der Waals surface area contributed by atoms with E-state index >= 15 is 0 Å². The van der Waals surface area contributed by atoms with Gasteiger partial charge in [-0.1, -0.05) is 121 Å². The molecule has 0 spiro atoms. The Morgan fingerprint density at radius 1 is 0.814 bits per heavy atom. The average Bonchev–Trinajstić information content (AvgIpc) is 3.51. The first kappa shape index (κ1) is 45.4. The number of allylic oxidation sites excluding steroid dienone is 1. The molecule has 1 aliphatic carbocycles. The van der Waals surface area contributed by atoms with Crippen LogP contribution in [0.5, 0.6) is 0 Å². The van der Waals surface area contributed by atoms with Crippen LogP contribution < -0.4 is 0 Å². The van der Waals surface area contributed by atoms with Gasteiger partial charge in [0.05, 0.1) is 0 Å². The molecular formula is C34H43BF4NOPRu+2. The summed E-state index contributed by atoms with van der Waals surface area (Å²) in [4.78, 5) is 0. The van der Waals surface area contributed by atoms with Crippen molar-refractivity contribution in [3.8, 4) is 12.3 Å². The molecule has 1 saturated carbocycles. The van der Waals surface area contributed by atoms with E-state index in [0.717, 1.165) is 22.6 Å². The third-order valence-corrected chi connectivity index (χ3v) is 8.85. The van der Waals surface area contributed by atoms with Gasteiger partial charge in [-0.2, -0.15) is 11.6 Å². The van der Waals surface area contributed by atoms with Gasteiger partial charge in [0.1, 0.15) is 7.05 Å². The molecule has 0 N–H and O–H groups in total. The second-order valence-electron chi connectivity index (χ2n) is 9.66. The van der Waals surface area contributed by atoms with Gasteiger partial charge in [-0.05, 0) is 55.0 Å². The molecule has 0 aromatic heterocycles. The van der Waals surface area contributed by atoms with E-state index in [-0.39, 0.29) is 27.4 Å². The molecule has 0 amide bonds. The second-order valence-corrected chi connectivity index (χ2v) is 13.7. The predicted molar refractivity (Wildman–Crippen MR) is 173 cm³/mol. The summed E-state index contributed by atoms with van der Waals surface area (Å²) in [6.45, 7) is 19.2. The molecule has 0 atom stereocenters. The van der Waals surface area contributed by atoms with Crippen LogP contribution in [0.1, 0.15) is 52.7 Å². The minimum Gasteiger partial charge on any atom is -0.0312 e. The molecule has 0 bridgehead atoms. The van der Waals surface area contributed by atoms with Crippen LogP contribution in [-0.4, -0.2) is 48.6 Å². The van der Waals surface area contributed by atoms with Crippen LogP contribution in [0.15, 0.2) is 66.7 Å². The van der Waals surface area contributed by atoms with E-state index in [1.807, 2.05) is 86.2 Å². The Kier molecular flexibility index (Phi) is 29.1. The first-order valence-corrected chi connectivity index (χ1v) is 15.1. The molecule has 0 saturated heterocycles. The van der Waals surface area contributed by atoms with Crippen LogP contribution in [0.4, 0.5) is 17.3 Å². The molecule has 0 unspecified atom stereocenters. The normalized spacial score (nSPS) is 12.1. The van der Waals surface area contributed by atoms with Gasteiger partial charge in [0.15, 0.2) is 6.54 Å². The molecular weight excluding hydrogens is 657 g/mol. The Morgan fingerprint density at radius 2 is 1.12 bits per heavy atom. The minimum absolute atomic E-state index is 0. The Morgan fingerprint density at radius 3 is 1.35 bits per heavy atom. The van der Waals surface area contributed by atoms with Crippen molar-refractivity contribution in [2.45, 2.75) is 58.5 Å². The van der Waals surface area contributed by atoms with Crippen molar-refractivity contribution in [2.75, 3.05) is 13.6 Å². The smallest absolute Gasteiger partial charge is 0.0312 e. The molecule has 3 rings (SSSR count). The van der Waals surface area contributed by atoms with Crippen molar-refractivity contribution in [1.82, 2.24) is 0 Å². The van der Waals surface area contributed by atoms with Gasteiger partial charge in [0, 0.05) is 6.21 Å². The molecule has 9 heteroatoms. The Hall–Kier alpha value is -2.01. The fourth-order valence-electron chi connectivity index (χ4n) is 4.04. The fourth-order valence-corrected chi connectivity index (χ4v) is 7.61. The molecule has 2 aromatic rings. The van der Waals surface area contributed by atoms with E-state index in [2.05, 4.69) is 84.6 Å². The molecule has 1 fully saturated rings. The zero-order chi connectivity index (χ0) is 32.6. The molecule has 6 radical (unpaired) electrons. The molecule has 0 aliphatic heterocycles. The summed E-state index contributed by atoms with van der Waals surface area (Å²) in [5.41, 5.74) is 6.16. The molecule has 0 heterocycles. The average molecular weight is 701 g/mol. The third-order valence-electron chi connectivity index (χ3n) is 5.27. The zero-order valence-electron chi connectivity index (χ0n) is 26.0. The van der Waals surface area contributed by atoms with Crippen molar-refractivity contribution < 1.29 is 46.0 Å². The monoisotopic (exact) mass is 701 g/mol. The van der Waals surface area contributed by atoms with Crippen molar-refractivity contribution >= 4 is 27.0 Å². The van der Waals surface area contributed by atoms with E-state index < -0.39 is 7.25 Å². The number of benzene rings is 2. The predicted octanol–water partition coefficient (Wildman–Crippen LogP) is 9.32. The summed E-state index contributed by atoms with van der Waals surface area (Å²) in [5.74, 6) is 2.60. The van der Waals surface area contributed by atoms with E-state index in [4.69, 9.17) is 11.1 Å². The summed E-state index contributed by atoms with van der Waals surface area (Å²) in [7, 11) is -3.82. The number of halogens is 4. The maximum Gasteiger partial charge on any atom is 3.00 e. The number of hydrogen-bond acceptors (Lipinski definition) is 0. The zero-order valence-corrected chi connectivity index (χ0v) is 28.6. The first-order chi connectivity index (χ1) is 19.8. The number of nitrogens with zero attached hydrogens (tertiary/aromatic N) is 1. The third kappa shape index (κ3) is 26.1. The van der Waals surface area contributed by atoms with E-state index in [9.17, 15) is 17.3 Å².